The van der Waals surface area contributed by atoms with E-state index in [1.807, 2.05) is 88.4 Å². The van der Waals surface area contributed by atoms with Gasteiger partial charge in [0.1, 0.15) is 0 Å². The molecule has 0 bridgehead atoms. The van der Waals surface area contributed by atoms with Crippen LogP contribution in [-0.4, -0.2) is 24.1 Å². The molecular weight excluding hydrogens is 311 g/mol. The number of ketones is 1. The van der Waals surface area contributed by atoms with Crippen LogP contribution in [0.5, 0.6) is 0 Å². The highest BCUT2D eigenvalue weighted by molar-refractivity contribution is 6.62. The van der Waals surface area contributed by atoms with Crippen molar-refractivity contribution in [3.05, 3.63) is 71.8 Å². The topological polar surface area (TPSA) is 35.5 Å². The van der Waals surface area contributed by atoms with Crippen LogP contribution in [0.25, 0.3) is 6.08 Å². The maximum absolute atomic E-state index is 12.1. The van der Waals surface area contributed by atoms with Crippen LogP contribution in [0.3, 0.4) is 0 Å². The number of hydrogen-bond donors (Lipinski definition) is 0. The Morgan fingerprint density at radius 1 is 0.880 bits per heavy atom. The summed E-state index contributed by atoms with van der Waals surface area (Å²) in [5.74, 6) is -0.00404. The zero-order valence-corrected chi connectivity index (χ0v) is 15.2. The molecule has 0 atom stereocenters. The molecule has 3 nitrogen and oxygen atoms in total. The first-order chi connectivity index (χ1) is 11.8. The molecule has 0 unspecified atom stereocenters. The van der Waals surface area contributed by atoms with E-state index in [4.69, 9.17) is 9.31 Å². The Kier molecular flexibility index (Phi) is 4.68. The second kappa shape index (κ2) is 6.62. The molecule has 2 aromatic rings. The largest absolute Gasteiger partial charge is 0.494 e. The summed E-state index contributed by atoms with van der Waals surface area (Å²) in [4.78, 5) is 12.1. The van der Waals surface area contributed by atoms with Crippen molar-refractivity contribution >= 4 is 24.4 Å². The molecule has 0 N–H and O–H groups in total. The summed E-state index contributed by atoms with van der Waals surface area (Å²) in [6.07, 6.45) is 3.42. The highest BCUT2D eigenvalue weighted by atomic mass is 16.7. The van der Waals surface area contributed by atoms with Crippen LogP contribution in [0.4, 0.5) is 0 Å². The van der Waals surface area contributed by atoms with Gasteiger partial charge in [0, 0.05) is 5.56 Å². The Morgan fingerprint density at radius 3 is 2.00 bits per heavy atom. The smallest absolute Gasteiger partial charge is 0.399 e. The third kappa shape index (κ3) is 3.75. The van der Waals surface area contributed by atoms with E-state index in [1.165, 1.54) is 0 Å². The third-order valence-corrected chi connectivity index (χ3v) is 4.95. The highest BCUT2D eigenvalue weighted by Crippen LogP contribution is 2.36. The molecule has 4 heteroatoms. The molecule has 0 spiro atoms. The zero-order valence-electron chi connectivity index (χ0n) is 15.2. The van der Waals surface area contributed by atoms with Gasteiger partial charge in [-0.25, -0.2) is 0 Å². The van der Waals surface area contributed by atoms with E-state index in [-0.39, 0.29) is 24.1 Å². The minimum absolute atomic E-state index is 0.00404. The minimum atomic E-state index is -0.367. The maximum atomic E-state index is 12.1. The van der Waals surface area contributed by atoms with E-state index in [9.17, 15) is 4.79 Å². The van der Waals surface area contributed by atoms with Gasteiger partial charge in [0.05, 0.1) is 11.2 Å². The van der Waals surface area contributed by atoms with Crippen molar-refractivity contribution in [3.8, 4) is 0 Å². The lowest BCUT2D eigenvalue weighted by atomic mass is 9.79. The lowest BCUT2D eigenvalue weighted by Crippen LogP contribution is -2.41. The third-order valence-electron chi connectivity index (χ3n) is 4.95. The van der Waals surface area contributed by atoms with E-state index in [0.717, 1.165) is 11.0 Å². The van der Waals surface area contributed by atoms with Crippen molar-refractivity contribution in [2.45, 2.75) is 38.9 Å². The van der Waals surface area contributed by atoms with Gasteiger partial charge < -0.3 is 9.31 Å². The fourth-order valence-electron chi connectivity index (χ4n) is 2.61. The highest BCUT2D eigenvalue weighted by Gasteiger charge is 2.51. The predicted octanol–water partition coefficient (Wildman–Crippen LogP) is 3.88. The van der Waals surface area contributed by atoms with E-state index >= 15 is 0 Å². The molecule has 0 aliphatic carbocycles. The standard InChI is InChI=1S/C21H23BO3/c1-20(2)21(3,4)25-22(24-20)18-13-10-16(11-14-18)12-15-19(23)17-8-6-5-7-9-17/h5-15H,1-4H3/b15-12+. The van der Waals surface area contributed by atoms with Crippen molar-refractivity contribution in [1.29, 1.82) is 0 Å². The van der Waals surface area contributed by atoms with Crippen LogP contribution in [0.15, 0.2) is 60.7 Å². The molecule has 0 amide bonds. The summed E-state index contributed by atoms with van der Waals surface area (Å²) < 4.78 is 12.1. The summed E-state index contributed by atoms with van der Waals surface area (Å²) in [5, 5.41) is 0. The first kappa shape index (κ1) is 17.7. The molecule has 3 rings (SSSR count). The van der Waals surface area contributed by atoms with Crippen molar-refractivity contribution < 1.29 is 14.1 Å². The van der Waals surface area contributed by atoms with Gasteiger partial charge in [0.15, 0.2) is 5.78 Å². The van der Waals surface area contributed by atoms with E-state index in [1.54, 1.807) is 6.08 Å². The minimum Gasteiger partial charge on any atom is -0.399 e. The Balaban J connectivity index is 1.69. The molecule has 0 saturated carbocycles. The Labute approximate surface area is 149 Å². The monoisotopic (exact) mass is 334 g/mol. The maximum Gasteiger partial charge on any atom is 0.494 e. The van der Waals surface area contributed by atoms with Crippen LogP contribution in [0, 0.1) is 0 Å². The number of carbonyl (C=O) groups excluding carboxylic acids is 1. The lowest BCUT2D eigenvalue weighted by molar-refractivity contribution is 0.00578. The van der Waals surface area contributed by atoms with Gasteiger partial charge in [-0.1, -0.05) is 60.7 Å². The van der Waals surface area contributed by atoms with Crippen LogP contribution in [-0.2, 0) is 9.31 Å². The molecular formula is C21H23BO3. The second-order valence-electron chi connectivity index (χ2n) is 7.32. The van der Waals surface area contributed by atoms with Crippen LogP contribution in [0.1, 0.15) is 43.6 Å². The van der Waals surface area contributed by atoms with Crippen LogP contribution < -0.4 is 5.46 Å². The van der Waals surface area contributed by atoms with E-state index < -0.39 is 0 Å². The first-order valence-electron chi connectivity index (χ1n) is 8.52. The fourth-order valence-corrected chi connectivity index (χ4v) is 2.61. The van der Waals surface area contributed by atoms with E-state index in [2.05, 4.69) is 0 Å². The van der Waals surface area contributed by atoms with Gasteiger partial charge in [0.25, 0.3) is 0 Å². The summed E-state index contributed by atoms with van der Waals surface area (Å²) in [7, 11) is -0.367. The van der Waals surface area contributed by atoms with Gasteiger partial charge in [-0.15, -0.1) is 0 Å². The lowest BCUT2D eigenvalue weighted by Gasteiger charge is -2.32. The normalized spacial score (nSPS) is 18.6. The number of benzene rings is 2. The number of rotatable bonds is 4. The SMILES string of the molecule is CC1(C)OB(c2ccc(/C=C/C(=O)c3ccccc3)cc2)OC1(C)C. The van der Waals surface area contributed by atoms with E-state index in [0.29, 0.717) is 5.56 Å². The summed E-state index contributed by atoms with van der Waals surface area (Å²) >= 11 is 0. The molecule has 1 fully saturated rings. The molecule has 1 aliphatic heterocycles. The molecule has 1 saturated heterocycles. The predicted molar refractivity (Wildman–Crippen MR) is 102 cm³/mol. The molecule has 1 aliphatic rings. The molecule has 1 heterocycles. The second-order valence-corrected chi connectivity index (χ2v) is 7.32. The van der Waals surface area contributed by atoms with Crippen LogP contribution >= 0.6 is 0 Å². The van der Waals surface area contributed by atoms with Crippen molar-refractivity contribution in [1.82, 2.24) is 0 Å². The fraction of sp³-hybridized carbons (Fsp3) is 0.286. The average molecular weight is 334 g/mol. The molecule has 128 valence electrons. The number of allylic oxidation sites excluding steroid dienone is 1. The summed E-state index contributed by atoms with van der Waals surface area (Å²) in [6, 6.07) is 17.1. The average Bonchev–Trinajstić information content (AvgIpc) is 2.82. The Morgan fingerprint density at radius 2 is 1.44 bits per heavy atom. The number of carbonyl (C=O) groups is 1. The van der Waals surface area contributed by atoms with Gasteiger partial charge in [0.2, 0.25) is 0 Å². The Bertz CT molecular complexity index is 761. The van der Waals surface area contributed by atoms with Crippen LogP contribution in [0.2, 0.25) is 0 Å². The van der Waals surface area contributed by atoms with Crippen molar-refractivity contribution in [2.75, 3.05) is 0 Å². The van der Waals surface area contributed by atoms with Gasteiger partial charge >= 0.3 is 7.12 Å². The summed E-state index contributed by atoms with van der Waals surface area (Å²) in [6.45, 7) is 8.16. The number of hydrogen-bond acceptors (Lipinski definition) is 3. The quantitative estimate of drug-likeness (QED) is 0.484. The van der Waals surface area contributed by atoms with Gasteiger partial charge in [-0.3, -0.25) is 4.79 Å². The molecule has 0 aromatic heterocycles. The Hall–Kier alpha value is -2.17. The van der Waals surface area contributed by atoms with Gasteiger partial charge in [-0.05, 0) is 44.8 Å². The molecule has 25 heavy (non-hydrogen) atoms. The van der Waals surface area contributed by atoms with Crippen molar-refractivity contribution in [2.24, 2.45) is 0 Å². The summed E-state index contributed by atoms with van der Waals surface area (Å²) in [5.41, 5.74) is 1.93. The zero-order chi connectivity index (χ0) is 18.1. The first-order valence-corrected chi connectivity index (χ1v) is 8.52. The molecule has 0 radical (unpaired) electrons. The van der Waals surface area contributed by atoms with Crippen molar-refractivity contribution in [3.63, 3.8) is 0 Å². The van der Waals surface area contributed by atoms with Gasteiger partial charge in [-0.2, -0.15) is 0 Å². The molecule has 2 aromatic carbocycles.